The molecule has 3 rings (SSSR count). The average molecular weight is 366 g/mol. The average Bonchev–Trinajstić information content (AvgIpc) is 2.98. The van der Waals surface area contributed by atoms with Crippen LogP contribution in [0.25, 0.3) is 11.5 Å². The van der Waals surface area contributed by atoms with Crippen molar-refractivity contribution in [2.24, 2.45) is 5.73 Å². The van der Waals surface area contributed by atoms with Gasteiger partial charge in [0.05, 0.1) is 0 Å². The molecule has 1 atom stereocenters. The van der Waals surface area contributed by atoms with E-state index >= 15 is 0 Å². The number of nitrogens with zero attached hydrogens (tertiary/aromatic N) is 3. The fourth-order valence-corrected chi connectivity index (χ4v) is 2.32. The summed E-state index contributed by atoms with van der Waals surface area (Å²) in [6, 6.07) is 10.4. The molecule has 2 aromatic heterocycles. The lowest BCUT2D eigenvalue weighted by Crippen LogP contribution is -2.12. The molecule has 0 aliphatic rings. The standard InChI is InChI=1S/C14H10BrClN4O/c15-8-5-6-11(18-7-8)13-19-14(21-20-13)12(17)9-3-1-2-4-10(9)16/h1-7,12H,17H2/t12-/m1/s1. The Bertz CT molecular complexity index is 760. The molecular formula is C14H10BrClN4O. The lowest BCUT2D eigenvalue weighted by atomic mass is 10.1. The summed E-state index contributed by atoms with van der Waals surface area (Å²) in [5.74, 6) is 0.683. The summed E-state index contributed by atoms with van der Waals surface area (Å²) >= 11 is 9.45. The molecule has 0 fully saturated rings. The quantitative estimate of drug-likeness (QED) is 0.767. The molecule has 2 N–H and O–H groups in total. The Labute approximate surface area is 134 Å². The molecule has 0 aliphatic heterocycles. The van der Waals surface area contributed by atoms with Gasteiger partial charge in [0.25, 0.3) is 0 Å². The maximum absolute atomic E-state index is 6.12. The predicted octanol–water partition coefficient (Wildman–Crippen LogP) is 3.60. The van der Waals surface area contributed by atoms with Crippen LogP contribution in [-0.4, -0.2) is 15.1 Å². The van der Waals surface area contributed by atoms with Crippen LogP contribution in [0.2, 0.25) is 5.02 Å². The van der Waals surface area contributed by atoms with Crippen LogP contribution in [0.3, 0.4) is 0 Å². The summed E-state index contributed by atoms with van der Waals surface area (Å²) in [5, 5.41) is 4.47. The second kappa shape index (κ2) is 5.93. The molecule has 1 aromatic carbocycles. The first-order chi connectivity index (χ1) is 10.1. The summed E-state index contributed by atoms with van der Waals surface area (Å²) in [4.78, 5) is 8.50. The summed E-state index contributed by atoms with van der Waals surface area (Å²) in [6.07, 6.45) is 1.67. The van der Waals surface area contributed by atoms with E-state index in [9.17, 15) is 0 Å². The van der Waals surface area contributed by atoms with Crippen LogP contribution in [0.4, 0.5) is 0 Å². The molecule has 21 heavy (non-hydrogen) atoms. The highest BCUT2D eigenvalue weighted by Crippen LogP contribution is 2.26. The normalized spacial score (nSPS) is 12.3. The summed E-state index contributed by atoms with van der Waals surface area (Å²) in [5.41, 5.74) is 7.47. The van der Waals surface area contributed by atoms with Gasteiger partial charge in [0.2, 0.25) is 11.7 Å². The van der Waals surface area contributed by atoms with Crippen molar-refractivity contribution in [1.82, 2.24) is 15.1 Å². The van der Waals surface area contributed by atoms with E-state index in [0.29, 0.717) is 22.4 Å². The minimum atomic E-state index is -0.574. The van der Waals surface area contributed by atoms with Gasteiger partial charge >= 0.3 is 0 Å². The highest BCUT2D eigenvalue weighted by molar-refractivity contribution is 9.10. The molecule has 0 bridgehead atoms. The molecule has 3 aromatic rings. The van der Waals surface area contributed by atoms with Crippen molar-refractivity contribution in [3.05, 3.63) is 63.5 Å². The van der Waals surface area contributed by atoms with Gasteiger partial charge in [0, 0.05) is 15.7 Å². The van der Waals surface area contributed by atoms with Crippen molar-refractivity contribution in [2.75, 3.05) is 0 Å². The number of hydrogen-bond acceptors (Lipinski definition) is 5. The number of nitrogens with two attached hydrogens (primary N) is 1. The van der Waals surface area contributed by atoms with Gasteiger partial charge in [-0.2, -0.15) is 4.98 Å². The van der Waals surface area contributed by atoms with Crippen LogP contribution in [0.1, 0.15) is 17.5 Å². The third-order valence-electron chi connectivity index (χ3n) is 2.90. The van der Waals surface area contributed by atoms with Crippen molar-refractivity contribution in [1.29, 1.82) is 0 Å². The Hall–Kier alpha value is -1.76. The molecule has 7 heteroatoms. The molecule has 0 saturated heterocycles. The molecule has 2 heterocycles. The number of pyridine rings is 1. The van der Waals surface area contributed by atoms with Gasteiger partial charge in [-0.05, 0) is 39.7 Å². The fourth-order valence-electron chi connectivity index (χ4n) is 1.83. The Balaban J connectivity index is 1.91. The van der Waals surface area contributed by atoms with E-state index in [1.807, 2.05) is 24.3 Å². The van der Waals surface area contributed by atoms with Crippen molar-refractivity contribution >= 4 is 27.5 Å². The Morgan fingerprint density at radius 1 is 1.19 bits per heavy atom. The zero-order valence-corrected chi connectivity index (χ0v) is 13.0. The van der Waals surface area contributed by atoms with Crippen molar-refractivity contribution in [3.63, 3.8) is 0 Å². The van der Waals surface area contributed by atoms with E-state index in [4.69, 9.17) is 21.9 Å². The number of aromatic nitrogens is 3. The van der Waals surface area contributed by atoms with Crippen LogP contribution in [0, 0.1) is 0 Å². The summed E-state index contributed by atoms with van der Waals surface area (Å²) in [7, 11) is 0. The number of halogens is 2. The maximum atomic E-state index is 6.12. The van der Waals surface area contributed by atoms with Crippen LogP contribution in [0.5, 0.6) is 0 Å². The van der Waals surface area contributed by atoms with E-state index in [-0.39, 0.29) is 0 Å². The highest BCUT2D eigenvalue weighted by Gasteiger charge is 2.19. The third-order valence-corrected chi connectivity index (χ3v) is 3.72. The maximum Gasteiger partial charge on any atom is 0.248 e. The molecular weight excluding hydrogens is 356 g/mol. The monoisotopic (exact) mass is 364 g/mol. The Kier molecular flexibility index (Phi) is 4.01. The summed E-state index contributed by atoms with van der Waals surface area (Å²) < 4.78 is 6.10. The van der Waals surface area contributed by atoms with E-state index < -0.39 is 6.04 Å². The second-order valence-corrected chi connectivity index (χ2v) is 5.64. The lowest BCUT2D eigenvalue weighted by molar-refractivity contribution is 0.367. The van der Waals surface area contributed by atoms with Crippen LogP contribution >= 0.6 is 27.5 Å². The van der Waals surface area contributed by atoms with Crippen LogP contribution in [-0.2, 0) is 0 Å². The highest BCUT2D eigenvalue weighted by atomic mass is 79.9. The topological polar surface area (TPSA) is 77.8 Å². The lowest BCUT2D eigenvalue weighted by Gasteiger charge is -2.08. The zero-order valence-electron chi connectivity index (χ0n) is 10.7. The first-order valence-electron chi connectivity index (χ1n) is 6.10. The number of hydrogen-bond donors (Lipinski definition) is 1. The third kappa shape index (κ3) is 2.97. The van der Waals surface area contributed by atoms with Gasteiger partial charge in [-0.1, -0.05) is 35.0 Å². The second-order valence-electron chi connectivity index (χ2n) is 4.32. The van der Waals surface area contributed by atoms with Crippen molar-refractivity contribution in [3.8, 4) is 11.5 Å². The first kappa shape index (κ1) is 14.2. The van der Waals surface area contributed by atoms with Gasteiger partial charge in [-0.25, -0.2) is 0 Å². The molecule has 0 amide bonds. The minimum Gasteiger partial charge on any atom is -0.337 e. The summed E-state index contributed by atoms with van der Waals surface area (Å²) in [6.45, 7) is 0. The Morgan fingerprint density at radius 3 is 2.71 bits per heavy atom. The van der Waals surface area contributed by atoms with E-state index in [0.717, 1.165) is 10.0 Å². The molecule has 106 valence electrons. The van der Waals surface area contributed by atoms with Crippen LogP contribution < -0.4 is 5.73 Å². The van der Waals surface area contributed by atoms with Gasteiger partial charge in [0.15, 0.2) is 0 Å². The first-order valence-corrected chi connectivity index (χ1v) is 7.28. The smallest absolute Gasteiger partial charge is 0.248 e. The molecule has 0 unspecified atom stereocenters. The van der Waals surface area contributed by atoms with Gasteiger partial charge in [-0.3, -0.25) is 4.98 Å². The molecule has 0 spiro atoms. The van der Waals surface area contributed by atoms with E-state index in [1.165, 1.54) is 0 Å². The van der Waals surface area contributed by atoms with Gasteiger partial charge in [-0.15, -0.1) is 0 Å². The Morgan fingerprint density at radius 2 is 2.00 bits per heavy atom. The molecule has 0 saturated carbocycles. The van der Waals surface area contributed by atoms with Gasteiger partial charge in [0.1, 0.15) is 11.7 Å². The SMILES string of the molecule is N[C@@H](c1nc(-c2ccc(Br)cn2)no1)c1ccccc1Cl. The fraction of sp³-hybridized carbons (Fsp3) is 0.0714. The predicted molar refractivity (Wildman–Crippen MR) is 82.7 cm³/mol. The van der Waals surface area contributed by atoms with Crippen molar-refractivity contribution < 1.29 is 4.52 Å². The molecule has 0 aliphatic carbocycles. The largest absolute Gasteiger partial charge is 0.337 e. The minimum absolute atomic E-state index is 0.294. The van der Waals surface area contributed by atoms with Crippen LogP contribution in [0.15, 0.2) is 51.6 Å². The van der Waals surface area contributed by atoms with E-state index in [2.05, 4.69) is 31.1 Å². The number of rotatable bonds is 3. The zero-order chi connectivity index (χ0) is 14.8. The van der Waals surface area contributed by atoms with Gasteiger partial charge < -0.3 is 10.3 Å². The molecule has 0 radical (unpaired) electrons. The van der Waals surface area contributed by atoms with Crippen molar-refractivity contribution in [2.45, 2.75) is 6.04 Å². The number of benzene rings is 1. The van der Waals surface area contributed by atoms with E-state index in [1.54, 1.807) is 18.3 Å². The molecule has 5 nitrogen and oxygen atoms in total.